The number of hydrogen-bond donors (Lipinski definition) is 1. The molecule has 3 aromatic carbocycles. The van der Waals surface area contributed by atoms with Gasteiger partial charge in [0.2, 0.25) is 0 Å². The van der Waals surface area contributed by atoms with Crippen molar-refractivity contribution in [1.29, 1.82) is 0 Å². The normalized spacial score (nSPS) is 23.0. The Kier molecular flexibility index (Phi) is 6.17. The van der Waals surface area contributed by atoms with Gasteiger partial charge in [-0.05, 0) is 41.7 Å². The Labute approximate surface area is 174 Å². The molecule has 4 rings (SSSR count). The summed E-state index contributed by atoms with van der Waals surface area (Å²) in [7, 11) is 0. The quantitative estimate of drug-likeness (QED) is 0.574. The molecular weight excluding hydrogens is 358 g/mol. The fraction of sp³-hybridized carbons (Fsp3) is 0.385. The van der Waals surface area contributed by atoms with Gasteiger partial charge < -0.3 is 14.3 Å². The van der Waals surface area contributed by atoms with Crippen molar-refractivity contribution in [3.8, 4) is 5.75 Å². The number of aliphatic hydroxyl groups is 1. The van der Waals surface area contributed by atoms with Crippen molar-refractivity contribution in [3.63, 3.8) is 0 Å². The maximum atomic E-state index is 10.8. The van der Waals surface area contributed by atoms with Crippen LogP contribution in [0, 0.1) is 5.92 Å². The second kappa shape index (κ2) is 8.98. The Morgan fingerprint density at radius 1 is 0.931 bits per heavy atom. The molecule has 0 saturated carbocycles. The molecule has 1 atom stereocenters. The summed E-state index contributed by atoms with van der Waals surface area (Å²) in [5.41, 5.74) is 1.35. The Balaban J connectivity index is 1.41. The number of hydrogen-bond acceptors (Lipinski definition) is 2. The minimum absolute atomic E-state index is 0.336. The maximum Gasteiger partial charge on any atom is 0.137 e. The van der Waals surface area contributed by atoms with Gasteiger partial charge in [-0.15, -0.1) is 0 Å². The number of ether oxygens (including phenoxy) is 1. The van der Waals surface area contributed by atoms with Gasteiger partial charge >= 0.3 is 0 Å². The molecule has 0 aliphatic carbocycles. The molecular formula is C26H32NO2+. The number of likely N-dealkylation sites (tertiary alicyclic amines) is 1. The number of aliphatic hydroxyl groups excluding tert-OH is 1. The van der Waals surface area contributed by atoms with Gasteiger partial charge in [-0.1, -0.05) is 67.6 Å². The van der Waals surface area contributed by atoms with Gasteiger partial charge in [0.25, 0.3) is 0 Å². The fourth-order valence-electron chi connectivity index (χ4n) is 4.57. The molecule has 0 amide bonds. The second-order valence-electron chi connectivity index (χ2n) is 8.77. The van der Waals surface area contributed by atoms with Crippen LogP contribution in [0.15, 0.2) is 72.8 Å². The zero-order valence-corrected chi connectivity index (χ0v) is 17.3. The highest BCUT2D eigenvalue weighted by atomic mass is 16.5. The molecule has 0 bridgehead atoms. The Hall–Kier alpha value is -2.36. The van der Waals surface area contributed by atoms with E-state index < -0.39 is 6.10 Å². The molecule has 1 fully saturated rings. The first-order valence-corrected chi connectivity index (χ1v) is 10.8. The standard InChI is InChI=1S/C26H32NO2/c1-21-13-15-27(16-14-21,18-22-7-3-2-4-8-22)19-25(28)20-29-26-12-11-23-9-5-6-10-24(23)17-26/h2-12,17,21,25,28H,13-16,18-20H2,1H3/q+1/t21?,25-,27?/m1/s1. The number of nitrogens with zero attached hydrogens (tertiary/aromatic N) is 1. The molecule has 1 N–H and O–H groups in total. The molecule has 3 heteroatoms. The summed E-state index contributed by atoms with van der Waals surface area (Å²) >= 11 is 0. The molecule has 3 aromatic rings. The van der Waals surface area contributed by atoms with Crippen LogP contribution in [0.5, 0.6) is 5.75 Å². The van der Waals surface area contributed by atoms with Crippen molar-refractivity contribution in [1.82, 2.24) is 0 Å². The molecule has 1 aliphatic heterocycles. The minimum atomic E-state index is -0.474. The lowest BCUT2D eigenvalue weighted by Gasteiger charge is -2.44. The Bertz CT molecular complexity index is 916. The summed E-state index contributed by atoms with van der Waals surface area (Å²) in [6.45, 7) is 6.67. The largest absolute Gasteiger partial charge is 0.491 e. The number of piperidine rings is 1. The van der Waals surface area contributed by atoms with Crippen LogP contribution in [-0.2, 0) is 6.54 Å². The van der Waals surface area contributed by atoms with Crippen molar-refractivity contribution in [2.45, 2.75) is 32.4 Å². The third-order valence-electron chi connectivity index (χ3n) is 6.31. The summed E-state index contributed by atoms with van der Waals surface area (Å²) in [5, 5.41) is 13.2. The van der Waals surface area contributed by atoms with Crippen LogP contribution < -0.4 is 4.74 Å². The van der Waals surface area contributed by atoms with E-state index in [2.05, 4.69) is 61.5 Å². The van der Waals surface area contributed by atoms with E-state index >= 15 is 0 Å². The van der Waals surface area contributed by atoms with Crippen molar-refractivity contribution < 1.29 is 14.3 Å². The monoisotopic (exact) mass is 390 g/mol. The van der Waals surface area contributed by atoms with Crippen LogP contribution in [0.4, 0.5) is 0 Å². The van der Waals surface area contributed by atoms with Gasteiger partial charge in [-0.3, -0.25) is 0 Å². The molecule has 0 radical (unpaired) electrons. The number of benzene rings is 3. The summed E-state index contributed by atoms with van der Waals surface area (Å²) < 4.78 is 6.93. The van der Waals surface area contributed by atoms with Crippen LogP contribution in [0.3, 0.4) is 0 Å². The van der Waals surface area contributed by atoms with Gasteiger partial charge in [0.15, 0.2) is 0 Å². The van der Waals surface area contributed by atoms with Gasteiger partial charge in [-0.25, -0.2) is 0 Å². The highest BCUT2D eigenvalue weighted by Gasteiger charge is 2.35. The van der Waals surface area contributed by atoms with Crippen LogP contribution >= 0.6 is 0 Å². The second-order valence-corrected chi connectivity index (χ2v) is 8.77. The average molecular weight is 391 g/mol. The summed E-state index contributed by atoms with van der Waals surface area (Å²) in [5.74, 6) is 1.60. The van der Waals surface area contributed by atoms with E-state index in [1.807, 2.05) is 18.2 Å². The van der Waals surface area contributed by atoms with Crippen molar-refractivity contribution in [2.24, 2.45) is 5.92 Å². The fourth-order valence-corrected chi connectivity index (χ4v) is 4.57. The lowest BCUT2D eigenvalue weighted by Crippen LogP contribution is -2.56. The molecule has 1 aliphatic rings. The summed E-state index contributed by atoms with van der Waals surface area (Å²) in [6, 6.07) is 25.1. The highest BCUT2D eigenvalue weighted by Crippen LogP contribution is 2.27. The molecule has 29 heavy (non-hydrogen) atoms. The first-order chi connectivity index (χ1) is 14.1. The van der Waals surface area contributed by atoms with Crippen LogP contribution in [-0.4, -0.2) is 41.9 Å². The molecule has 3 nitrogen and oxygen atoms in total. The zero-order chi connectivity index (χ0) is 20.1. The van der Waals surface area contributed by atoms with E-state index in [4.69, 9.17) is 4.74 Å². The van der Waals surface area contributed by atoms with E-state index in [1.54, 1.807) is 0 Å². The third kappa shape index (κ3) is 5.17. The average Bonchev–Trinajstić information content (AvgIpc) is 2.75. The molecule has 152 valence electrons. The van der Waals surface area contributed by atoms with E-state index in [0.717, 1.165) is 47.7 Å². The lowest BCUT2D eigenvalue weighted by atomic mass is 9.95. The Morgan fingerprint density at radius 3 is 2.38 bits per heavy atom. The smallest absolute Gasteiger partial charge is 0.137 e. The van der Waals surface area contributed by atoms with Crippen LogP contribution in [0.1, 0.15) is 25.3 Å². The zero-order valence-electron chi connectivity index (χ0n) is 17.3. The molecule has 1 heterocycles. The minimum Gasteiger partial charge on any atom is -0.491 e. The predicted molar refractivity (Wildman–Crippen MR) is 119 cm³/mol. The maximum absolute atomic E-state index is 10.8. The summed E-state index contributed by atoms with van der Waals surface area (Å²) in [4.78, 5) is 0. The predicted octanol–water partition coefficient (Wildman–Crippen LogP) is 5.03. The van der Waals surface area contributed by atoms with Crippen molar-refractivity contribution >= 4 is 10.8 Å². The van der Waals surface area contributed by atoms with Crippen molar-refractivity contribution in [3.05, 3.63) is 78.4 Å². The SMILES string of the molecule is CC1CC[N+](Cc2ccccc2)(C[C@@H](O)COc2ccc3ccccc3c2)CC1. The molecule has 0 unspecified atom stereocenters. The van der Waals surface area contributed by atoms with Gasteiger partial charge in [0.05, 0.1) is 13.1 Å². The van der Waals surface area contributed by atoms with E-state index in [1.165, 1.54) is 23.8 Å². The highest BCUT2D eigenvalue weighted by molar-refractivity contribution is 5.83. The lowest BCUT2D eigenvalue weighted by molar-refractivity contribution is -0.948. The van der Waals surface area contributed by atoms with E-state index in [9.17, 15) is 5.11 Å². The van der Waals surface area contributed by atoms with Gasteiger partial charge in [0.1, 0.15) is 31.5 Å². The van der Waals surface area contributed by atoms with Gasteiger partial charge in [-0.2, -0.15) is 0 Å². The Morgan fingerprint density at radius 2 is 1.62 bits per heavy atom. The van der Waals surface area contributed by atoms with Crippen LogP contribution in [0.2, 0.25) is 0 Å². The molecule has 1 saturated heterocycles. The summed E-state index contributed by atoms with van der Waals surface area (Å²) in [6.07, 6.45) is 1.98. The number of quaternary nitrogens is 1. The topological polar surface area (TPSA) is 29.5 Å². The third-order valence-corrected chi connectivity index (χ3v) is 6.31. The number of fused-ring (bicyclic) bond motifs is 1. The first-order valence-electron chi connectivity index (χ1n) is 10.8. The van der Waals surface area contributed by atoms with E-state index in [-0.39, 0.29) is 0 Å². The van der Waals surface area contributed by atoms with E-state index in [0.29, 0.717) is 6.61 Å². The first kappa shape index (κ1) is 19.9. The van der Waals surface area contributed by atoms with Crippen LogP contribution in [0.25, 0.3) is 10.8 Å². The molecule has 0 spiro atoms. The van der Waals surface area contributed by atoms with Gasteiger partial charge in [0, 0.05) is 5.56 Å². The number of rotatable bonds is 7. The molecule has 0 aromatic heterocycles. The van der Waals surface area contributed by atoms with Crippen molar-refractivity contribution in [2.75, 3.05) is 26.2 Å².